The first-order chi connectivity index (χ1) is 13.1. The summed E-state index contributed by atoms with van der Waals surface area (Å²) in [6.07, 6.45) is 0. The minimum atomic E-state index is 0.110. The molecule has 1 aliphatic rings. The Morgan fingerprint density at radius 3 is 2.41 bits per heavy atom. The molecule has 3 rings (SSSR count). The molecule has 1 heterocycles. The highest BCUT2D eigenvalue weighted by atomic mass is 16.5. The number of phenols is 1. The maximum Gasteiger partial charge on any atom is 0.236 e. The molecule has 0 bridgehead atoms. The molecule has 0 aromatic heterocycles. The van der Waals surface area contributed by atoms with Crippen molar-refractivity contribution in [3.63, 3.8) is 0 Å². The van der Waals surface area contributed by atoms with Gasteiger partial charge in [0, 0.05) is 51.0 Å². The van der Waals surface area contributed by atoms with E-state index in [0.29, 0.717) is 13.1 Å². The molecule has 2 aromatic carbocycles. The molecule has 144 valence electrons. The minimum Gasteiger partial charge on any atom is -0.508 e. The summed E-state index contributed by atoms with van der Waals surface area (Å²) in [5.74, 6) is 1.19. The first-order valence-corrected chi connectivity index (χ1v) is 9.19. The summed E-state index contributed by atoms with van der Waals surface area (Å²) >= 11 is 0. The van der Waals surface area contributed by atoms with Crippen LogP contribution in [0, 0.1) is 0 Å². The highest BCUT2D eigenvalue weighted by Crippen LogP contribution is 2.21. The molecular formula is C21H27N3O3. The Bertz CT molecular complexity index is 756. The zero-order valence-corrected chi connectivity index (χ0v) is 16.0. The number of hydrogen-bond acceptors (Lipinski definition) is 5. The molecule has 0 aliphatic carbocycles. The monoisotopic (exact) mass is 369 g/mol. The smallest absolute Gasteiger partial charge is 0.236 e. The van der Waals surface area contributed by atoms with Crippen LogP contribution >= 0.6 is 0 Å². The third-order valence-electron chi connectivity index (χ3n) is 4.97. The molecule has 1 aliphatic heterocycles. The molecule has 0 unspecified atom stereocenters. The maximum absolute atomic E-state index is 12.6. The van der Waals surface area contributed by atoms with Crippen molar-refractivity contribution >= 4 is 11.6 Å². The van der Waals surface area contributed by atoms with Crippen LogP contribution in [0.25, 0.3) is 0 Å². The number of benzene rings is 2. The van der Waals surface area contributed by atoms with Crippen LogP contribution in [0.3, 0.4) is 0 Å². The van der Waals surface area contributed by atoms with E-state index in [4.69, 9.17) is 4.74 Å². The molecule has 6 heteroatoms. The number of likely N-dealkylation sites (N-methyl/N-ethyl adjacent to an activating group) is 1. The largest absolute Gasteiger partial charge is 0.508 e. The number of methoxy groups -OCH3 is 1. The van der Waals surface area contributed by atoms with Crippen LogP contribution in [0.4, 0.5) is 5.69 Å². The van der Waals surface area contributed by atoms with Crippen molar-refractivity contribution in [1.82, 2.24) is 9.80 Å². The van der Waals surface area contributed by atoms with Gasteiger partial charge in [-0.05, 0) is 30.3 Å². The minimum absolute atomic E-state index is 0.110. The average molecular weight is 369 g/mol. The predicted octanol–water partition coefficient (Wildman–Crippen LogP) is 2.18. The van der Waals surface area contributed by atoms with E-state index in [0.717, 1.165) is 43.2 Å². The predicted molar refractivity (Wildman–Crippen MR) is 106 cm³/mol. The molecule has 6 nitrogen and oxygen atoms in total. The number of aromatic hydroxyl groups is 1. The lowest BCUT2D eigenvalue weighted by molar-refractivity contribution is -0.131. The van der Waals surface area contributed by atoms with Gasteiger partial charge in [0.05, 0.1) is 13.7 Å². The van der Waals surface area contributed by atoms with Gasteiger partial charge in [0.1, 0.15) is 11.5 Å². The van der Waals surface area contributed by atoms with Crippen LogP contribution < -0.4 is 9.64 Å². The third kappa shape index (κ3) is 4.92. The van der Waals surface area contributed by atoms with Gasteiger partial charge in [-0.25, -0.2) is 0 Å². The van der Waals surface area contributed by atoms with Crippen molar-refractivity contribution in [2.45, 2.75) is 6.54 Å². The van der Waals surface area contributed by atoms with Crippen LogP contribution in [0.15, 0.2) is 48.5 Å². The molecule has 1 N–H and O–H groups in total. The van der Waals surface area contributed by atoms with Crippen molar-refractivity contribution in [3.05, 3.63) is 54.1 Å². The molecule has 0 saturated carbocycles. The van der Waals surface area contributed by atoms with Crippen LogP contribution in [0.5, 0.6) is 11.5 Å². The highest BCUT2D eigenvalue weighted by Gasteiger charge is 2.21. The normalized spacial score (nSPS) is 14.8. The SMILES string of the molecule is COc1ccccc1CN(C)C(=O)CN1CCN(c2ccc(O)cc2)CC1. The van der Waals surface area contributed by atoms with E-state index in [1.54, 1.807) is 24.1 Å². The van der Waals surface area contributed by atoms with E-state index in [2.05, 4.69) is 9.80 Å². The van der Waals surface area contributed by atoms with E-state index in [-0.39, 0.29) is 11.7 Å². The highest BCUT2D eigenvalue weighted by molar-refractivity contribution is 5.78. The maximum atomic E-state index is 12.6. The van der Waals surface area contributed by atoms with E-state index >= 15 is 0 Å². The Labute approximate surface area is 160 Å². The molecule has 0 radical (unpaired) electrons. The Hall–Kier alpha value is -2.73. The quantitative estimate of drug-likeness (QED) is 0.846. The summed E-state index contributed by atoms with van der Waals surface area (Å²) in [4.78, 5) is 18.8. The van der Waals surface area contributed by atoms with Gasteiger partial charge in [-0.15, -0.1) is 0 Å². The zero-order chi connectivity index (χ0) is 19.2. The summed E-state index contributed by atoms with van der Waals surface area (Å²) in [6, 6.07) is 15.1. The third-order valence-corrected chi connectivity index (χ3v) is 4.97. The number of para-hydroxylation sites is 1. The van der Waals surface area contributed by atoms with Crippen molar-refractivity contribution in [1.29, 1.82) is 0 Å². The van der Waals surface area contributed by atoms with E-state index in [1.165, 1.54) is 0 Å². The molecule has 0 spiro atoms. The molecule has 1 saturated heterocycles. The van der Waals surface area contributed by atoms with E-state index < -0.39 is 0 Å². The fourth-order valence-corrected chi connectivity index (χ4v) is 3.32. The first-order valence-electron chi connectivity index (χ1n) is 9.19. The molecule has 1 amide bonds. The van der Waals surface area contributed by atoms with Gasteiger partial charge in [0.2, 0.25) is 5.91 Å². The van der Waals surface area contributed by atoms with E-state index in [1.807, 2.05) is 43.4 Å². The van der Waals surface area contributed by atoms with Gasteiger partial charge >= 0.3 is 0 Å². The number of piperazine rings is 1. The summed E-state index contributed by atoms with van der Waals surface area (Å²) in [5, 5.41) is 9.41. The Morgan fingerprint density at radius 1 is 1.07 bits per heavy atom. The number of carbonyl (C=O) groups excluding carboxylic acids is 1. The van der Waals surface area contributed by atoms with Crippen molar-refractivity contribution in [2.75, 3.05) is 51.8 Å². The van der Waals surface area contributed by atoms with Crippen molar-refractivity contribution < 1.29 is 14.6 Å². The summed E-state index contributed by atoms with van der Waals surface area (Å²) in [6.45, 7) is 4.39. The second-order valence-electron chi connectivity index (χ2n) is 6.84. The van der Waals surface area contributed by atoms with E-state index in [9.17, 15) is 9.90 Å². The number of rotatable bonds is 6. The molecular weight excluding hydrogens is 342 g/mol. The Balaban J connectivity index is 1.49. The Kier molecular flexibility index (Phi) is 6.19. The zero-order valence-electron chi connectivity index (χ0n) is 16.0. The lowest BCUT2D eigenvalue weighted by atomic mass is 10.2. The second kappa shape index (κ2) is 8.77. The fraction of sp³-hybridized carbons (Fsp3) is 0.381. The van der Waals surface area contributed by atoms with Gasteiger partial charge in [0.25, 0.3) is 0 Å². The molecule has 0 atom stereocenters. The van der Waals surface area contributed by atoms with Crippen LogP contribution in [0.1, 0.15) is 5.56 Å². The molecule has 27 heavy (non-hydrogen) atoms. The summed E-state index contributed by atoms with van der Waals surface area (Å²) < 4.78 is 5.37. The van der Waals surface area contributed by atoms with Gasteiger partial charge in [-0.3, -0.25) is 9.69 Å². The van der Waals surface area contributed by atoms with Gasteiger partial charge in [-0.2, -0.15) is 0 Å². The standard InChI is InChI=1S/C21H27N3O3/c1-22(15-17-5-3-4-6-20(17)27-2)21(26)16-23-11-13-24(14-12-23)18-7-9-19(25)10-8-18/h3-10,25H,11-16H2,1-2H3. The molecule has 2 aromatic rings. The van der Waals surface area contributed by atoms with Crippen molar-refractivity contribution in [2.24, 2.45) is 0 Å². The number of anilines is 1. The number of phenolic OH excluding ortho intramolecular Hbond substituents is 1. The van der Waals surface area contributed by atoms with Gasteiger partial charge < -0.3 is 19.6 Å². The fourth-order valence-electron chi connectivity index (χ4n) is 3.32. The summed E-state index contributed by atoms with van der Waals surface area (Å²) in [7, 11) is 3.48. The summed E-state index contributed by atoms with van der Waals surface area (Å²) in [5.41, 5.74) is 2.11. The number of amides is 1. The lowest BCUT2D eigenvalue weighted by Crippen LogP contribution is -2.49. The van der Waals surface area contributed by atoms with Gasteiger partial charge in [0.15, 0.2) is 0 Å². The van der Waals surface area contributed by atoms with Crippen LogP contribution in [-0.2, 0) is 11.3 Å². The average Bonchev–Trinajstić information content (AvgIpc) is 2.69. The lowest BCUT2D eigenvalue weighted by Gasteiger charge is -2.36. The number of ether oxygens (including phenoxy) is 1. The number of carbonyl (C=O) groups is 1. The second-order valence-corrected chi connectivity index (χ2v) is 6.84. The van der Waals surface area contributed by atoms with Gasteiger partial charge in [-0.1, -0.05) is 18.2 Å². The van der Waals surface area contributed by atoms with Crippen LogP contribution in [-0.4, -0.2) is 67.7 Å². The molecule has 1 fully saturated rings. The first kappa shape index (κ1) is 19.0. The van der Waals surface area contributed by atoms with Crippen LogP contribution in [0.2, 0.25) is 0 Å². The number of nitrogens with zero attached hydrogens (tertiary/aromatic N) is 3. The number of hydrogen-bond donors (Lipinski definition) is 1. The van der Waals surface area contributed by atoms with Crippen molar-refractivity contribution in [3.8, 4) is 11.5 Å². The Morgan fingerprint density at radius 2 is 1.74 bits per heavy atom. The topological polar surface area (TPSA) is 56.2 Å².